The summed E-state index contributed by atoms with van der Waals surface area (Å²) >= 11 is 5.81. The smallest absolute Gasteiger partial charge is 0.119 e. The van der Waals surface area contributed by atoms with Crippen LogP contribution in [0.3, 0.4) is 0 Å². The minimum Gasteiger partial charge on any atom is -0.489 e. The number of halogens is 1. The van der Waals surface area contributed by atoms with Crippen molar-refractivity contribution in [3.8, 4) is 5.75 Å². The van der Waals surface area contributed by atoms with Crippen LogP contribution >= 0.6 is 11.6 Å². The normalized spacial score (nSPS) is 9.94. The van der Waals surface area contributed by atoms with E-state index in [1.165, 1.54) is 0 Å². The van der Waals surface area contributed by atoms with Crippen LogP contribution in [0.15, 0.2) is 55.1 Å². The Morgan fingerprint density at radius 2 is 1.65 bits per heavy atom. The van der Waals surface area contributed by atoms with E-state index in [0.29, 0.717) is 6.61 Å². The summed E-state index contributed by atoms with van der Waals surface area (Å²) in [4.78, 5) is 0. The second-order valence-electron chi connectivity index (χ2n) is 3.69. The van der Waals surface area contributed by atoms with Crippen molar-refractivity contribution in [2.75, 3.05) is 0 Å². The molecular weight excluding hydrogens is 232 g/mol. The van der Waals surface area contributed by atoms with Crippen LogP contribution in [0.5, 0.6) is 5.75 Å². The predicted molar refractivity (Wildman–Crippen MR) is 72.3 cm³/mol. The fraction of sp³-hybridized carbons (Fsp3) is 0.0667. The maximum atomic E-state index is 5.81. The van der Waals surface area contributed by atoms with E-state index in [2.05, 4.69) is 6.58 Å². The van der Waals surface area contributed by atoms with E-state index in [1.54, 1.807) is 0 Å². The SMILES string of the molecule is C=Cc1ccc(OCc2ccc(Cl)cc2)cc1. The van der Waals surface area contributed by atoms with Gasteiger partial charge in [-0.15, -0.1) is 0 Å². The quantitative estimate of drug-likeness (QED) is 0.766. The van der Waals surface area contributed by atoms with Gasteiger partial charge in [0.15, 0.2) is 0 Å². The molecule has 2 aromatic carbocycles. The third-order valence-corrected chi connectivity index (χ3v) is 2.69. The molecule has 0 heterocycles. The number of ether oxygens (including phenoxy) is 1. The molecule has 2 aromatic rings. The van der Waals surface area contributed by atoms with Gasteiger partial charge in [-0.05, 0) is 35.4 Å². The van der Waals surface area contributed by atoms with Gasteiger partial charge < -0.3 is 4.74 Å². The van der Waals surface area contributed by atoms with Crippen molar-refractivity contribution in [1.82, 2.24) is 0 Å². The highest BCUT2D eigenvalue weighted by atomic mass is 35.5. The van der Waals surface area contributed by atoms with Gasteiger partial charge in [0.25, 0.3) is 0 Å². The first-order valence-corrected chi connectivity index (χ1v) is 5.75. The van der Waals surface area contributed by atoms with E-state index in [4.69, 9.17) is 16.3 Å². The van der Waals surface area contributed by atoms with E-state index in [0.717, 1.165) is 21.9 Å². The first-order valence-electron chi connectivity index (χ1n) is 5.37. The molecule has 0 aromatic heterocycles. The second-order valence-corrected chi connectivity index (χ2v) is 4.12. The van der Waals surface area contributed by atoms with E-state index in [9.17, 15) is 0 Å². The molecule has 0 amide bonds. The molecular formula is C15H13ClO. The standard InChI is InChI=1S/C15H13ClO/c1-2-12-5-9-15(10-6-12)17-11-13-3-7-14(16)8-4-13/h2-10H,1,11H2. The van der Waals surface area contributed by atoms with E-state index >= 15 is 0 Å². The molecule has 0 radical (unpaired) electrons. The van der Waals surface area contributed by atoms with Gasteiger partial charge in [0.1, 0.15) is 12.4 Å². The van der Waals surface area contributed by atoms with Crippen molar-refractivity contribution in [2.45, 2.75) is 6.61 Å². The summed E-state index contributed by atoms with van der Waals surface area (Å²) in [6.45, 7) is 4.26. The average molecular weight is 245 g/mol. The topological polar surface area (TPSA) is 9.23 Å². The highest BCUT2D eigenvalue weighted by Gasteiger charge is 1.96. The second kappa shape index (κ2) is 5.55. The van der Waals surface area contributed by atoms with Gasteiger partial charge in [-0.1, -0.05) is 48.5 Å². The zero-order valence-electron chi connectivity index (χ0n) is 9.40. The Morgan fingerprint density at radius 1 is 1.00 bits per heavy atom. The van der Waals surface area contributed by atoms with Crippen molar-refractivity contribution >= 4 is 17.7 Å². The Balaban J connectivity index is 1.97. The molecule has 1 nitrogen and oxygen atoms in total. The number of benzene rings is 2. The lowest BCUT2D eigenvalue weighted by molar-refractivity contribution is 0.306. The molecule has 0 atom stereocenters. The van der Waals surface area contributed by atoms with Crippen LogP contribution < -0.4 is 4.74 Å². The molecule has 0 saturated carbocycles. The first kappa shape index (κ1) is 11.7. The molecule has 0 N–H and O–H groups in total. The zero-order valence-corrected chi connectivity index (χ0v) is 10.2. The largest absolute Gasteiger partial charge is 0.489 e. The lowest BCUT2D eigenvalue weighted by Gasteiger charge is -2.06. The summed E-state index contributed by atoms with van der Waals surface area (Å²) in [5, 5.41) is 0.740. The maximum Gasteiger partial charge on any atom is 0.119 e. The summed E-state index contributed by atoms with van der Waals surface area (Å²) in [6.07, 6.45) is 1.81. The van der Waals surface area contributed by atoms with Crippen molar-refractivity contribution < 1.29 is 4.74 Å². The van der Waals surface area contributed by atoms with E-state index in [-0.39, 0.29) is 0 Å². The summed E-state index contributed by atoms with van der Waals surface area (Å²) in [5.74, 6) is 0.852. The van der Waals surface area contributed by atoms with Crippen LogP contribution in [-0.4, -0.2) is 0 Å². The Hall–Kier alpha value is -1.73. The lowest BCUT2D eigenvalue weighted by atomic mass is 10.2. The van der Waals surface area contributed by atoms with Gasteiger partial charge >= 0.3 is 0 Å². The van der Waals surface area contributed by atoms with Crippen LogP contribution in [0.2, 0.25) is 5.02 Å². The Kier molecular flexibility index (Phi) is 3.84. The third-order valence-electron chi connectivity index (χ3n) is 2.43. The molecule has 0 saturated heterocycles. The summed E-state index contributed by atoms with van der Waals surface area (Å²) < 4.78 is 5.65. The minimum atomic E-state index is 0.546. The highest BCUT2D eigenvalue weighted by Crippen LogP contribution is 2.15. The molecule has 2 rings (SSSR count). The van der Waals surface area contributed by atoms with Crippen molar-refractivity contribution in [1.29, 1.82) is 0 Å². The van der Waals surface area contributed by atoms with Gasteiger partial charge in [0.2, 0.25) is 0 Å². The highest BCUT2D eigenvalue weighted by molar-refractivity contribution is 6.30. The summed E-state index contributed by atoms with van der Waals surface area (Å²) in [6, 6.07) is 15.5. The summed E-state index contributed by atoms with van der Waals surface area (Å²) in [7, 11) is 0. The predicted octanol–water partition coefficient (Wildman–Crippen LogP) is 4.56. The van der Waals surface area contributed by atoms with E-state index < -0.39 is 0 Å². The van der Waals surface area contributed by atoms with Crippen LogP contribution in [0.4, 0.5) is 0 Å². The third kappa shape index (κ3) is 3.36. The monoisotopic (exact) mass is 244 g/mol. The Bertz CT molecular complexity index is 485. The van der Waals surface area contributed by atoms with Gasteiger partial charge in [-0.2, -0.15) is 0 Å². The first-order chi connectivity index (χ1) is 8.28. The molecule has 0 aliphatic rings. The van der Waals surface area contributed by atoms with E-state index in [1.807, 2.05) is 54.6 Å². The minimum absolute atomic E-state index is 0.546. The molecule has 0 spiro atoms. The molecule has 2 heteroatoms. The molecule has 0 aliphatic carbocycles. The zero-order chi connectivity index (χ0) is 12.1. The number of rotatable bonds is 4. The Labute approximate surface area is 106 Å². The van der Waals surface area contributed by atoms with Crippen LogP contribution in [0, 0.1) is 0 Å². The molecule has 0 fully saturated rings. The van der Waals surface area contributed by atoms with Crippen molar-refractivity contribution in [3.05, 3.63) is 71.3 Å². The fourth-order valence-corrected chi connectivity index (χ4v) is 1.57. The van der Waals surface area contributed by atoms with Gasteiger partial charge in [-0.3, -0.25) is 0 Å². The molecule has 17 heavy (non-hydrogen) atoms. The molecule has 0 unspecified atom stereocenters. The fourth-order valence-electron chi connectivity index (χ4n) is 1.45. The average Bonchev–Trinajstić information content (AvgIpc) is 2.39. The Morgan fingerprint density at radius 3 is 2.24 bits per heavy atom. The lowest BCUT2D eigenvalue weighted by Crippen LogP contribution is -1.94. The molecule has 86 valence electrons. The van der Waals surface area contributed by atoms with Crippen molar-refractivity contribution in [2.24, 2.45) is 0 Å². The molecule has 0 aliphatic heterocycles. The maximum absolute atomic E-state index is 5.81. The van der Waals surface area contributed by atoms with Crippen molar-refractivity contribution in [3.63, 3.8) is 0 Å². The van der Waals surface area contributed by atoms with Gasteiger partial charge in [0.05, 0.1) is 0 Å². The van der Waals surface area contributed by atoms with Crippen LogP contribution in [0.25, 0.3) is 6.08 Å². The van der Waals surface area contributed by atoms with Gasteiger partial charge in [0, 0.05) is 5.02 Å². The summed E-state index contributed by atoms with van der Waals surface area (Å²) in [5.41, 5.74) is 2.19. The van der Waals surface area contributed by atoms with Crippen LogP contribution in [-0.2, 0) is 6.61 Å². The van der Waals surface area contributed by atoms with Gasteiger partial charge in [-0.25, -0.2) is 0 Å². The number of hydrogen-bond donors (Lipinski definition) is 0. The van der Waals surface area contributed by atoms with Crippen LogP contribution in [0.1, 0.15) is 11.1 Å². The number of hydrogen-bond acceptors (Lipinski definition) is 1. The molecule has 0 bridgehead atoms.